The van der Waals surface area contributed by atoms with Crippen LogP contribution in [0, 0.1) is 6.92 Å². The molecule has 2 aromatic heterocycles. The van der Waals surface area contributed by atoms with Gasteiger partial charge in [0.25, 0.3) is 5.89 Å². The van der Waals surface area contributed by atoms with Gasteiger partial charge in [-0.15, -0.1) is 0 Å². The first-order valence-corrected chi connectivity index (χ1v) is 4.24. The number of nitrogens with zero attached hydrogens (tertiary/aromatic N) is 2. The third-order valence-electron chi connectivity index (χ3n) is 1.80. The summed E-state index contributed by atoms with van der Waals surface area (Å²) >= 11 is 0. The highest BCUT2D eigenvalue weighted by Crippen LogP contribution is 2.22. The Morgan fingerprint density at radius 1 is 1.60 bits per heavy atom. The molecule has 0 aliphatic rings. The maximum atomic E-state index is 10.5. The monoisotopic (exact) mass is 208 g/mol. The molecule has 15 heavy (non-hydrogen) atoms. The van der Waals surface area contributed by atoms with Crippen LogP contribution in [0.25, 0.3) is 11.7 Å². The molecular formula is C9H8N2O4. The van der Waals surface area contributed by atoms with E-state index in [0.29, 0.717) is 11.3 Å². The Balaban J connectivity index is 2.36. The molecule has 0 fully saturated rings. The Morgan fingerprint density at radius 3 is 3.00 bits per heavy atom. The van der Waals surface area contributed by atoms with Gasteiger partial charge < -0.3 is 14.0 Å². The van der Waals surface area contributed by atoms with Gasteiger partial charge in [-0.3, -0.25) is 4.79 Å². The summed E-state index contributed by atoms with van der Waals surface area (Å²) in [6, 6.07) is 0. The van der Waals surface area contributed by atoms with Crippen molar-refractivity contribution in [3.8, 4) is 11.7 Å². The number of aromatic nitrogens is 2. The molecule has 2 aromatic rings. The summed E-state index contributed by atoms with van der Waals surface area (Å²) in [4.78, 5) is 14.6. The van der Waals surface area contributed by atoms with E-state index in [9.17, 15) is 4.79 Å². The highest BCUT2D eigenvalue weighted by atomic mass is 16.5. The van der Waals surface area contributed by atoms with Gasteiger partial charge in [0.05, 0.1) is 18.3 Å². The summed E-state index contributed by atoms with van der Waals surface area (Å²) in [5.41, 5.74) is 1.15. The predicted molar refractivity (Wildman–Crippen MR) is 48.1 cm³/mol. The number of oxazole rings is 1. The first-order chi connectivity index (χ1) is 7.16. The van der Waals surface area contributed by atoms with Crippen molar-refractivity contribution < 1.29 is 18.8 Å². The third-order valence-corrected chi connectivity index (χ3v) is 1.80. The first-order valence-electron chi connectivity index (χ1n) is 4.24. The number of carboxylic acid groups (broad SMARTS) is 1. The quantitative estimate of drug-likeness (QED) is 0.816. The van der Waals surface area contributed by atoms with Crippen molar-refractivity contribution in [1.82, 2.24) is 10.1 Å². The van der Waals surface area contributed by atoms with E-state index in [1.165, 1.54) is 12.5 Å². The van der Waals surface area contributed by atoms with Crippen molar-refractivity contribution in [3.05, 3.63) is 23.7 Å². The SMILES string of the molecule is Cc1coc(-c2oncc2CC(=O)O)n1. The van der Waals surface area contributed by atoms with E-state index >= 15 is 0 Å². The number of carboxylic acids is 1. The molecule has 0 unspecified atom stereocenters. The highest BCUT2D eigenvalue weighted by Gasteiger charge is 2.17. The first kappa shape index (κ1) is 9.45. The Hall–Kier alpha value is -2.11. The van der Waals surface area contributed by atoms with Gasteiger partial charge in [0.1, 0.15) is 6.26 Å². The van der Waals surface area contributed by atoms with Crippen LogP contribution < -0.4 is 0 Å². The number of aryl methyl sites for hydroxylation is 1. The molecule has 0 amide bonds. The van der Waals surface area contributed by atoms with E-state index < -0.39 is 5.97 Å². The van der Waals surface area contributed by atoms with Crippen LogP contribution in [0.2, 0.25) is 0 Å². The van der Waals surface area contributed by atoms with Crippen molar-refractivity contribution in [3.63, 3.8) is 0 Å². The molecule has 1 N–H and O–H groups in total. The molecular weight excluding hydrogens is 200 g/mol. The Kier molecular flexibility index (Phi) is 2.24. The Morgan fingerprint density at radius 2 is 2.40 bits per heavy atom. The van der Waals surface area contributed by atoms with Crippen LogP contribution >= 0.6 is 0 Å². The average molecular weight is 208 g/mol. The van der Waals surface area contributed by atoms with Crippen molar-refractivity contribution in [1.29, 1.82) is 0 Å². The van der Waals surface area contributed by atoms with Gasteiger partial charge in [0.2, 0.25) is 5.76 Å². The molecule has 2 heterocycles. The molecule has 0 radical (unpaired) electrons. The number of hydrogen-bond donors (Lipinski definition) is 1. The lowest BCUT2D eigenvalue weighted by Gasteiger charge is -1.92. The zero-order valence-electron chi connectivity index (χ0n) is 7.93. The second-order valence-corrected chi connectivity index (χ2v) is 3.04. The van der Waals surface area contributed by atoms with Crippen molar-refractivity contribution in [2.45, 2.75) is 13.3 Å². The van der Waals surface area contributed by atoms with Crippen LogP contribution in [-0.4, -0.2) is 21.2 Å². The van der Waals surface area contributed by atoms with Gasteiger partial charge >= 0.3 is 5.97 Å². The number of hydrogen-bond acceptors (Lipinski definition) is 5. The molecule has 0 bridgehead atoms. The molecule has 0 saturated heterocycles. The maximum Gasteiger partial charge on any atom is 0.308 e. The number of aliphatic carboxylic acids is 1. The van der Waals surface area contributed by atoms with Gasteiger partial charge in [-0.2, -0.15) is 0 Å². The summed E-state index contributed by atoms with van der Waals surface area (Å²) in [7, 11) is 0. The number of rotatable bonds is 3. The fraction of sp³-hybridized carbons (Fsp3) is 0.222. The summed E-state index contributed by atoms with van der Waals surface area (Å²) < 4.78 is 9.99. The van der Waals surface area contributed by atoms with E-state index in [0.717, 1.165) is 0 Å². The second kappa shape index (κ2) is 3.56. The minimum Gasteiger partial charge on any atom is -0.481 e. The molecule has 0 saturated carbocycles. The molecule has 0 aliphatic carbocycles. The van der Waals surface area contributed by atoms with Crippen LogP contribution in [0.1, 0.15) is 11.3 Å². The Labute approximate surface area is 84.5 Å². The third kappa shape index (κ3) is 1.88. The van der Waals surface area contributed by atoms with Crippen molar-refractivity contribution in [2.24, 2.45) is 0 Å². The fourth-order valence-corrected chi connectivity index (χ4v) is 1.18. The van der Waals surface area contributed by atoms with Gasteiger partial charge in [-0.25, -0.2) is 4.98 Å². The molecule has 6 heteroatoms. The van der Waals surface area contributed by atoms with Gasteiger partial charge in [-0.1, -0.05) is 5.16 Å². The van der Waals surface area contributed by atoms with Crippen molar-refractivity contribution in [2.75, 3.05) is 0 Å². The van der Waals surface area contributed by atoms with Crippen molar-refractivity contribution >= 4 is 5.97 Å². The molecule has 0 aliphatic heterocycles. The van der Waals surface area contributed by atoms with E-state index in [-0.39, 0.29) is 18.1 Å². The minimum atomic E-state index is -0.956. The highest BCUT2D eigenvalue weighted by molar-refractivity contribution is 5.72. The lowest BCUT2D eigenvalue weighted by molar-refractivity contribution is -0.136. The largest absolute Gasteiger partial charge is 0.481 e. The summed E-state index contributed by atoms with van der Waals surface area (Å²) in [6.07, 6.45) is 2.64. The van der Waals surface area contributed by atoms with Crippen LogP contribution in [0.4, 0.5) is 0 Å². The fourth-order valence-electron chi connectivity index (χ4n) is 1.18. The maximum absolute atomic E-state index is 10.5. The van der Waals surface area contributed by atoms with Gasteiger partial charge in [-0.05, 0) is 6.92 Å². The summed E-state index contributed by atoms with van der Waals surface area (Å²) in [5.74, 6) is -0.436. The van der Waals surface area contributed by atoms with Gasteiger partial charge in [0, 0.05) is 5.56 Å². The molecule has 2 rings (SSSR count). The average Bonchev–Trinajstić information content (AvgIpc) is 2.72. The molecule has 78 valence electrons. The van der Waals surface area contributed by atoms with Crippen LogP contribution in [0.5, 0.6) is 0 Å². The van der Waals surface area contributed by atoms with Crippen LogP contribution in [-0.2, 0) is 11.2 Å². The zero-order valence-corrected chi connectivity index (χ0v) is 7.93. The topological polar surface area (TPSA) is 89.4 Å². The van der Waals surface area contributed by atoms with E-state index in [4.69, 9.17) is 14.0 Å². The second-order valence-electron chi connectivity index (χ2n) is 3.04. The predicted octanol–water partition coefficient (Wildman–Crippen LogP) is 1.27. The summed E-state index contributed by atoms with van der Waals surface area (Å²) in [6.45, 7) is 1.76. The lowest BCUT2D eigenvalue weighted by atomic mass is 10.2. The standard InChI is InChI=1S/C9H8N2O4/c1-5-4-14-9(11-5)8-6(2-7(12)13)3-10-15-8/h3-4H,2H2,1H3,(H,12,13). The van der Waals surface area contributed by atoms with Crippen LogP contribution in [0.15, 0.2) is 21.4 Å². The lowest BCUT2D eigenvalue weighted by Crippen LogP contribution is -1.99. The smallest absolute Gasteiger partial charge is 0.308 e. The molecule has 0 atom stereocenters. The van der Waals surface area contributed by atoms with Gasteiger partial charge in [0.15, 0.2) is 0 Å². The molecule has 6 nitrogen and oxygen atoms in total. The minimum absolute atomic E-state index is 0.166. The Bertz CT molecular complexity index is 486. The van der Waals surface area contributed by atoms with E-state index in [1.807, 2.05) is 0 Å². The normalized spacial score (nSPS) is 10.5. The van der Waals surface area contributed by atoms with E-state index in [1.54, 1.807) is 6.92 Å². The molecule has 0 aromatic carbocycles. The van der Waals surface area contributed by atoms with Crippen LogP contribution in [0.3, 0.4) is 0 Å². The summed E-state index contributed by atoms with van der Waals surface area (Å²) in [5, 5.41) is 12.2. The number of carbonyl (C=O) groups is 1. The van der Waals surface area contributed by atoms with E-state index in [2.05, 4.69) is 10.1 Å². The zero-order chi connectivity index (χ0) is 10.8. The molecule has 0 spiro atoms.